The second-order valence-corrected chi connectivity index (χ2v) is 23.1. The van der Waals surface area contributed by atoms with Crippen molar-refractivity contribution < 1.29 is 28.3 Å². The fourth-order valence-electron chi connectivity index (χ4n) is 7.14. The largest absolute Gasteiger partial charge is 0.497 e. The van der Waals surface area contributed by atoms with Gasteiger partial charge in [0.1, 0.15) is 11.9 Å². The van der Waals surface area contributed by atoms with Crippen LogP contribution in [0, 0.1) is 0 Å². The average Bonchev–Trinajstić information content (AvgIpc) is 3.49. The molecule has 4 aromatic rings. The molecule has 15 heteroatoms. The van der Waals surface area contributed by atoms with E-state index in [2.05, 4.69) is 52.6 Å². The third-order valence-corrected chi connectivity index (χ3v) is 17.7. The zero-order valence-electron chi connectivity index (χ0n) is 31.8. The number of carbonyl (C=O) groups excluding carboxylic acids is 2. The van der Waals surface area contributed by atoms with Crippen molar-refractivity contribution in [3.8, 4) is 5.75 Å². The lowest BCUT2D eigenvalue weighted by Gasteiger charge is -2.34. The van der Waals surface area contributed by atoms with Crippen LogP contribution in [0.15, 0.2) is 96.0 Å². The number of carboxylic acid groups (broad SMARTS) is 1. The molecule has 0 spiro atoms. The van der Waals surface area contributed by atoms with Crippen molar-refractivity contribution >= 4 is 67.8 Å². The predicted molar refractivity (Wildman–Crippen MR) is 221 cm³/mol. The predicted octanol–water partition coefficient (Wildman–Crippen LogP) is 4.33. The van der Waals surface area contributed by atoms with Gasteiger partial charge in [-0.1, -0.05) is 48.0 Å². The smallest absolute Gasteiger partial charge is 0.335 e. The number of ether oxygens (including phenoxy) is 1. The normalized spacial score (nSPS) is 18.1. The number of methoxy groups -OCH3 is 1. The summed E-state index contributed by atoms with van der Waals surface area (Å²) in [6, 6.07) is 27.3. The second-order valence-electron chi connectivity index (χ2n) is 14.7. The first-order chi connectivity index (χ1) is 26.2. The quantitative estimate of drug-likeness (QED) is 0.0984. The number of hydrogen-bond donors (Lipinski definition) is 5. The Hall–Kier alpha value is -4.84. The molecule has 4 aromatic carbocycles. The fraction of sp³-hybridized carbons (Fsp3) is 0.300. The molecule has 12 nitrogen and oxygen atoms in total. The summed E-state index contributed by atoms with van der Waals surface area (Å²) >= 11 is 6.23. The van der Waals surface area contributed by atoms with Crippen LogP contribution in [0.4, 0.5) is 5.69 Å². The van der Waals surface area contributed by atoms with Gasteiger partial charge in [0.2, 0.25) is 22.5 Å². The lowest BCUT2D eigenvalue weighted by atomic mass is 9.99. The Kier molecular flexibility index (Phi) is 11.9. The summed E-state index contributed by atoms with van der Waals surface area (Å²) < 4.78 is 12.4. The van der Waals surface area contributed by atoms with E-state index in [1.807, 2.05) is 73.7 Å². The first-order valence-corrected chi connectivity index (χ1v) is 24.4. The SMILES string of the molecule is COc1ccc2c(c1)C(c1ccc(Cl)cc1)=NC(CC(=O)NCCNC(=O)c1cccc([Si](C)(C)O[Si](C)(C)c3cccc(C(=O)O)c3)c1)C1NNC(C)N21. The van der Waals surface area contributed by atoms with Crippen molar-refractivity contribution in [3.63, 3.8) is 0 Å². The highest BCUT2D eigenvalue weighted by atomic mass is 35.5. The number of rotatable bonds is 13. The van der Waals surface area contributed by atoms with Crippen molar-refractivity contribution in [2.75, 3.05) is 25.1 Å². The van der Waals surface area contributed by atoms with Crippen LogP contribution in [-0.4, -0.2) is 83.8 Å². The molecule has 0 bridgehead atoms. The van der Waals surface area contributed by atoms with Crippen molar-refractivity contribution in [3.05, 3.63) is 118 Å². The van der Waals surface area contributed by atoms with Gasteiger partial charge in [-0.2, -0.15) is 0 Å². The van der Waals surface area contributed by atoms with Crippen molar-refractivity contribution in [1.82, 2.24) is 21.5 Å². The Morgan fingerprint density at radius 1 is 0.855 bits per heavy atom. The van der Waals surface area contributed by atoms with Crippen LogP contribution >= 0.6 is 11.6 Å². The lowest BCUT2D eigenvalue weighted by Crippen LogP contribution is -2.57. The molecule has 0 aromatic heterocycles. The molecule has 1 saturated heterocycles. The third kappa shape index (κ3) is 9.01. The minimum Gasteiger partial charge on any atom is -0.497 e. The van der Waals surface area contributed by atoms with Gasteiger partial charge in [-0.15, -0.1) is 0 Å². The molecule has 2 heterocycles. The van der Waals surface area contributed by atoms with E-state index in [9.17, 15) is 19.5 Å². The number of hydrazine groups is 1. The number of aromatic carboxylic acids is 1. The number of carboxylic acids is 1. The van der Waals surface area contributed by atoms with Crippen LogP contribution in [0.2, 0.25) is 31.2 Å². The van der Waals surface area contributed by atoms with Crippen LogP contribution in [-0.2, 0) is 8.91 Å². The van der Waals surface area contributed by atoms with Gasteiger partial charge >= 0.3 is 5.97 Å². The van der Waals surface area contributed by atoms with Crippen molar-refractivity contribution in [1.29, 1.82) is 0 Å². The standard InChI is InChI=1S/C40H47ClN6O6Si2/c1-25-45-46-38-34(44-37(26-13-15-29(41)16-14-26)33-23-30(52-2)17-18-35(33)47(25)38)24-36(48)42-19-20-43-39(49)27-9-7-11-31(21-27)54(3,4)53-55(5,6)32-12-8-10-28(22-32)40(50)51/h7-18,21-23,25,34,38,45-46H,19-20,24H2,1-6H3,(H,42,48)(H,43,49)(H,50,51). The van der Waals surface area contributed by atoms with Crippen LogP contribution in [0.5, 0.6) is 5.75 Å². The van der Waals surface area contributed by atoms with Gasteiger partial charge in [0.05, 0.1) is 37.0 Å². The summed E-state index contributed by atoms with van der Waals surface area (Å²) in [5, 5.41) is 17.8. The third-order valence-electron chi connectivity index (χ3n) is 9.93. The number of carbonyl (C=O) groups is 3. The van der Waals surface area contributed by atoms with Crippen molar-refractivity contribution in [2.24, 2.45) is 4.99 Å². The number of hydrogen-bond acceptors (Lipinski definition) is 9. The van der Waals surface area contributed by atoms with E-state index in [1.165, 1.54) is 0 Å². The Labute approximate surface area is 328 Å². The number of amides is 2. The molecule has 0 aliphatic carbocycles. The van der Waals surface area contributed by atoms with E-state index in [4.69, 9.17) is 25.4 Å². The summed E-state index contributed by atoms with van der Waals surface area (Å²) in [7, 11) is -3.40. The molecule has 3 unspecified atom stereocenters. The molecule has 2 amide bonds. The summed E-state index contributed by atoms with van der Waals surface area (Å²) in [6.07, 6.45) is -0.300. The average molecular weight is 799 g/mol. The van der Waals surface area contributed by atoms with E-state index in [0.29, 0.717) is 16.3 Å². The van der Waals surface area contributed by atoms with E-state index in [-0.39, 0.29) is 49.2 Å². The molecule has 55 heavy (non-hydrogen) atoms. The minimum absolute atomic E-state index is 0.0829. The fourth-order valence-corrected chi connectivity index (χ4v) is 15.3. The molecule has 1 fully saturated rings. The Morgan fingerprint density at radius 3 is 2.15 bits per heavy atom. The number of fused-ring (bicyclic) bond motifs is 3. The molecular formula is C40H47ClN6O6Si2. The number of nitrogens with one attached hydrogen (secondary N) is 4. The Balaban J connectivity index is 1.10. The number of benzene rings is 4. The summed E-state index contributed by atoms with van der Waals surface area (Å²) in [5.74, 6) is -0.737. The summed E-state index contributed by atoms with van der Waals surface area (Å²) in [6.45, 7) is 10.8. The van der Waals surface area contributed by atoms with Gasteiger partial charge in [-0.25, -0.2) is 15.6 Å². The van der Waals surface area contributed by atoms with E-state index >= 15 is 0 Å². The first kappa shape index (κ1) is 39.8. The first-order valence-electron chi connectivity index (χ1n) is 18.2. The van der Waals surface area contributed by atoms with Crippen LogP contribution < -0.4 is 41.5 Å². The highest BCUT2D eigenvalue weighted by Crippen LogP contribution is 2.36. The van der Waals surface area contributed by atoms with Crippen molar-refractivity contribution in [2.45, 2.75) is 57.9 Å². The van der Waals surface area contributed by atoms with Crippen LogP contribution in [0.3, 0.4) is 0 Å². The molecular weight excluding hydrogens is 752 g/mol. The Bertz CT molecular complexity index is 2110. The maximum absolute atomic E-state index is 13.5. The summed E-state index contributed by atoms with van der Waals surface area (Å²) in [5.41, 5.74) is 10.8. The van der Waals surface area contributed by atoms with Gasteiger partial charge in [0.15, 0.2) is 0 Å². The van der Waals surface area contributed by atoms with Gasteiger partial charge in [0.25, 0.3) is 5.91 Å². The van der Waals surface area contributed by atoms with Gasteiger partial charge < -0.3 is 29.5 Å². The zero-order valence-corrected chi connectivity index (χ0v) is 34.5. The van der Waals surface area contributed by atoms with Gasteiger partial charge in [-0.3, -0.25) is 14.6 Å². The number of anilines is 1. The lowest BCUT2D eigenvalue weighted by molar-refractivity contribution is -0.121. The second kappa shape index (κ2) is 16.5. The van der Waals surface area contributed by atoms with E-state index < -0.39 is 28.6 Å². The van der Waals surface area contributed by atoms with Crippen LogP contribution in [0.25, 0.3) is 0 Å². The molecule has 0 radical (unpaired) electrons. The number of nitrogens with zero attached hydrogens (tertiary/aromatic N) is 2. The highest BCUT2D eigenvalue weighted by molar-refractivity contribution is 6.96. The number of halogens is 1. The molecule has 5 N–H and O–H groups in total. The van der Waals surface area contributed by atoms with Crippen LogP contribution in [0.1, 0.15) is 45.2 Å². The molecule has 6 rings (SSSR count). The van der Waals surface area contributed by atoms with Gasteiger partial charge in [0, 0.05) is 40.5 Å². The maximum atomic E-state index is 13.5. The van der Waals surface area contributed by atoms with E-state index in [1.54, 1.807) is 31.4 Å². The zero-order chi connectivity index (χ0) is 39.5. The number of aliphatic imine (C=N–C) groups is 1. The maximum Gasteiger partial charge on any atom is 0.335 e. The monoisotopic (exact) mass is 798 g/mol. The summed E-state index contributed by atoms with van der Waals surface area (Å²) in [4.78, 5) is 45.7. The highest BCUT2D eigenvalue weighted by Gasteiger charge is 2.41. The van der Waals surface area contributed by atoms with Gasteiger partial charge in [-0.05, 0) is 98.1 Å². The Morgan fingerprint density at radius 2 is 1.49 bits per heavy atom. The topological polar surface area (TPSA) is 154 Å². The molecule has 0 saturated carbocycles. The minimum atomic E-state index is -2.52. The van der Waals surface area contributed by atoms with E-state index in [0.717, 1.165) is 32.9 Å². The molecule has 2 aliphatic rings. The molecule has 288 valence electrons. The molecule has 3 atom stereocenters. The molecule has 2 aliphatic heterocycles.